The number of hydrogen-bond donors (Lipinski definition) is 1. The first-order valence-electron chi connectivity index (χ1n) is 8.32. The van der Waals surface area contributed by atoms with E-state index in [0.717, 1.165) is 10.5 Å². The normalized spacial score (nSPS) is 11.6. The number of benzene rings is 3. The minimum atomic E-state index is -0.369. The lowest BCUT2D eigenvalue weighted by atomic mass is 10.1. The summed E-state index contributed by atoms with van der Waals surface area (Å²) in [5, 5.41) is 2.59. The SMILES string of the molecule is CC(=O)c1ccc(NC(=O)C(Sc2ccccc2)c2ccccc2)cc1. The zero-order valence-corrected chi connectivity index (χ0v) is 15.2. The largest absolute Gasteiger partial charge is 0.325 e. The molecular weight excluding hydrogens is 342 g/mol. The fourth-order valence-electron chi connectivity index (χ4n) is 2.53. The van der Waals surface area contributed by atoms with E-state index in [1.807, 2.05) is 60.7 Å². The second kappa shape index (κ2) is 8.50. The number of nitrogens with one attached hydrogen (secondary N) is 1. The van der Waals surface area contributed by atoms with Gasteiger partial charge in [0.15, 0.2) is 5.78 Å². The van der Waals surface area contributed by atoms with Crippen LogP contribution in [0.25, 0.3) is 0 Å². The van der Waals surface area contributed by atoms with Gasteiger partial charge in [-0.15, -0.1) is 11.8 Å². The van der Waals surface area contributed by atoms with E-state index in [4.69, 9.17) is 0 Å². The van der Waals surface area contributed by atoms with Gasteiger partial charge in [0.25, 0.3) is 0 Å². The summed E-state index contributed by atoms with van der Waals surface area (Å²) in [6.07, 6.45) is 0. The summed E-state index contributed by atoms with van der Waals surface area (Å²) >= 11 is 1.51. The molecule has 0 spiro atoms. The van der Waals surface area contributed by atoms with Gasteiger partial charge in [0, 0.05) is 16.1 Å². The molecule has 26 heavy (non-hydrogen) atoms. The standard InChI is InChI=1S/C22H19NO2S/c1-16(24)17-12-14-19(15-13-17)23-22(25)21(18-8-4-2-5-9-18)26-20-10-6-3-7-11-20/h2-15,21H,1H3,(H,23,25). The molecule has 0 saturated carbocycles. The molecule has 0 fully saturated rings. The summed E-state index contributed by atoms with van der Waals surface area (Å²) in [5.74, 6) is -0.0923. The van der Waals surface area contributed by atoms with Crippen molar-refractivity contribution < 1.29 is 9.59 Å². The maximum Gasteiger partial charge on any atom is 0.242 e. The van der Waals surface area contributed by atoms with Crippen molar-refractivity contribution in [1.82, 2.24) is 0 Å². The summed E-state index contributed by atoms with van der Waals surface area (Å²) in [4.78, 5) is 25.4. The van der Waals surface area contributed by atoms with Crippen LogP contribution in [0, 0.1) is 0 Å². The fourth-order valence-corrected chi connectivity index (χ4v) is 3.58. The zero-order valence-electron chi connectivity index (χ0n) is 14.4. The minimum Gasteiger partial charge on any atom is -0.325 e. The van der Waals surface area contributed by atoms with Crippen molar-refractivity contribution in [3.05, 3.63) is 96.1 Å². The molecule has 3 rings (SSSR count). The molecule has 3 nitrogen and oxygen atoms in total. The Bertz CT molecular complexity index is 877. The minimum absolute atomic E-state index is 0.00433. The maximum atomic E-state index is 12.9. The van der Waals surface area contributed by atoms with Gasteiger partial charge in [-0.25, -0.2) is 0 Å². The Morgan fingerprint density at radius 2 is 1.38 bits per heavy atom. The van der Waals surface area contributed by atoms with Gasteiger partial charge in [-0.3, -0.25) is 9.59 Å². The van der Waals surface area contributed by atoms with Crippen LogP contribution in [0.4, 0.5) is 5.69 Å². The van der Waals surface area contributed by atoms with E-state index in [0.29, 0.717) is 11.3 Å². The molecule has 3 aromatic carbocycles. The van der Waals surface area contributed by atoms with Gasteiger partial charge in [-0.1, -0.05) is 48.5 Å². The molecule has 1 amide bonds. The predicted molar refractivity (Wildman–Crippen MR) is 107 cm³/mol. The molecule has 130 valence electrons. The van der Waals surface area contributed by atoms with Gasteiger partial charge < -0.3 is 5.32 Å². The topological polar surface area (TPSA) is 46.2 Å². The lowest BCUT2D eigenvalue weighted by Crippen LogP contribution is -2.19. The highest BCUT2D eigenvalue weighted by molar-refractivity contribution is 8.00. The fraction of sp³-hybridized carbons (Fsp3) is 0.0909. The summed E-state index contributed by atoms with van der Waals surface area (Å²) in [5.41, 5.74) is 2.25. The van der Waals surface area contributed by atoms with E-state index in [1.54, 1.807) is 24.3 Å². The van der Waals surface area contributed by atoms with Gasteiger partial charge in [-0.2, -0.15) is 0 Å². The Morgan fingerprint density at radius 3 is 1.96 bits per heavy atom. The molecule has 3 aromatic rings. The lowest BCUT2D eigenvalue weighted by Gasteiger charge is -2.17. The lowest BCUT2D eigenvalue weighted by molar-refractivity contribution is -0.115. The highest BCUT2D eigenvalue weighted by Crippen LogP contribution is 2.36. The molecule has 0 aliphatic rings. The Hall–Kier alpha value is -2.85. The van der Waals surface area contributed by atoms with Crippen molar-refractivity contribution >= 4 is 29.1 Å². The van der Waals surface area contributed by atoms with Crippen LogP contribution in [0.2, 0.25) is 0 Å². The van der Waals surface area contributed by atoms with Gasteiger partial charge in [0.05, 0.1) is 0 Å². The van der Waals surface area contributed by atoms with Gasteiger partial charge in [-0.05, 0) is 48.9 Å². The molecule has 0 saturated heterocycles. The highest BCUT2D eigenvalue weighted by Gasteiger charge is 2.22. The van der Waals surface area contributed by atoms with Gasteiger partial charge >= 0.3 is 0 Å². The molecule has 4 heteroatoms. The van der Waals surface area contributed by atoms with E-state index < -0.39 is 0 Å². The maximum absolute atomic E-state index is 12.9. The number of anilines is 1. The van der Waals surface area contributed by atoms with Crippen LogP contribution in [0.15, 0.2) is 89.8 Å². The third-order valence-corrected chi connectivity index (χ3v) is 5.16. The van der Waals surface area contributed by atoms with Crippen LogP contribution in [-0.4, -0.2) is 11.7 Å². The average Bonchev–Trinajstić information content (AvgIpc) is 2.68. The van der Waals surface area contributed by atoms with E-state index in [2.05, 4.69) is 5.32 Å². The number of thioether (sulfide) groups is 1. The number of Topliss-reactive ketones (excluding diaryl/α,β-unsaturated/α-hetero) is 1. The number of carbonyl (C=O) groups excluding carboxylic acids is 2. The second-order valence-electron chi connectivity index (χ2n) is 5.84. The Morgan fingerprint density at radius 1 is 0.808 bits per heavy atom. The van der Waals surface area contributed by atoms with Crippen molar-refractivity contribution in [2.45, 2.75) is 17.1 Å². The van der Waals surface area contributed by atoms with Gasteiger partial charge in [0.2, 0.25) is 5.91 Å². The Labute approximate surface area is 157 Å². The Kier molecular flexibility index (Phi) is 5.87. The quantitative estimate of drug-likeness (QED) is 0.475. The van der Waals surface area contributed by atoms with Crippen LogP contribution in [0.5, 0.6) is 0 Å². The number of rotatable bonds is 6. The zero-order chi connectivity index (χ0) is 18.4. The van der Waals surface area contributed by atoms with E-state index in [9.17, 15) is 9.59 Å². The first-order valence-corrected chi connectivity index (χ1v) is 9.20. The third kappa shape index (κ3) is 4.61. The third-order valence-electron chi connectivity index (χ3n) is 3.90. The summed E-state index contributed by atoms with van der Waals surface area (Å²) in [6, 6.07) is 26.5. The van der Waals surface area contributed by atoms with Crippen molar-refractivity contribution in [2.24, 2.45) is 0 Å². The average molecular weight is 361 g/mol. The summed E-state index contributed by atoms with van der Waals surface area (Å²) < 4.78 is 0. The van der Waals surface area contributed by atoms with E-state index in [-0.39, 0.29) is 16.9 Å². The van der Waals surface area contributed by atoms with Crippen molar-refractivity contribution in [3.8, 4) is 0 Å². The van der Waals surface area contributed by atoms with Crippen molar-refractivity contribution in [2.75, 3.05) is 5.32 Å². The monoisotopic (exact) mass is 361 g/mol. The van der Waals surface area contributed by atoms with Gasteiger partial charge in [0.1, 0.15) is 5.25 Å². The summed E-state index contributed by atoms with van der Waals surface area (Å²) in [6.45, 7) is 1.52. The predicted octanol–water partition coefficient (Wildman–Crippen LogP) is 5.36. The van der Waals surface area contributed by atoms with Crippen molar-refractivity contribution in [1.29, 1.82) is 0 Å². The smallest absolute Gasteiger partial charge is 0.242 e. The molecule has 0 bridgehead atoms. The molecule has 1 atom stereocenters. The van der Waals surface area contributed by atoms with E-state index >= 15 is 0 Å². The number of ketones is 1. The number of hydrogen-bond acceptors (Lipinski definition) is 3. The molecule has 0 aliphatic carbocycles. The van der Waals surface area contributed by atoms with Crippen LogP contribution in [0.1, 0.15) is 28.1 Å². The number of carbonyl (C=O) groups is 2. The highest BCUT2D eigenvalue weighted by atomic mass is 32.2. The first-order chi connectivity index (χ1) is 12.6. The molecule has 0 aliphatic heterocycles. The molecule has 0 heterocycles. The molecule has 1 N–H and O–H groups in total. The summed E-state index contributed by atoms with van der Waals surface area (Å²) in [7, 11) is 0. The van der Waals surface area contributed by atoms with Crippen molar-refractivity contribution in [3.63, 3.8) is 0 Å². The number of amides is 1. The Balaban J connectivity index is 1.81. The molecule has 0 aromatic heterocycles. The van der Waals surface area contributed by atoms with Crippen LogP contribution < -0.4 is 5.32 Å². The molecule has 1 unspecified atom stereocenters. The van der Waals surface area contributed by atoms with Crippen LogP contribution in [0.3, 0.4) is 0 Å². The first kappa shape index (κ1) is 18.0. The molecular formula is C22H19NO2S. The molecule has 0 radical (unpaired) electrons. The second-order valence-corrected chi connectivity index (χ2v) is 7.02. The van der Waals surface area contributed by atoms with Crippen LogP contribution in [-0.2, 0) is 4.79 Å². The van der Waals surface area contributed by atoms with Crippen LogP contribution >= 0.6 is 11.8 Å². The van der Waals surface area contributed by atoms with E-state index in [1.165, 1.54) is 18.7 Å².